The summed E-state index contributed by atoms with van der Waals surface area (Å²) in [6.45, 7) is 1.34. The average Bonchev–Trinajstić information content (AvgIpc) is 2.76. The van der Waals surface area contributed by atoms with Gasteiger partial charge in [-0.15, -0.1) is 0 Å². The molecular weight excluding hydrogens is 368 g/mol. The SMILES string of the molecule is CN=C(NCCc1cccc(C(=O)NC)c1)N(C)Cc1ccc(OC)cc1OC. The van der Waals surface area contributed by atoms with E-state index in [0.717, 1.165) is 35.0 Å². The Kier molecular flexibility index (Phi) is 8.33. The van der Waals surface area contributed by atoms with Gasteiger partial charge in [0.2, 0.25) is 0 Å². The summed E-state index contributed by atoms with van der Waals surface area (Å²) in [5.41, 5.74) is 2.80. The summed E-state index contributed by atoms with van der Waals surface area (Å²) in [6, 6.07) is 13.4. The quantitative estimate of drug-likeness (QED) is 0.527. The highest BCUT2D eigenvalue weighted by Crippen LogP contribution is 2.25. The molecule has 2 aromatic carbocycles. The second-order valence-corrected chi connectivity index (χ2v) is 6.54. The second-order valence-electron chi connectivity index (χ2n) is 6.54. The molecule has 0 unspecified atom stereocenters. The molecule has 0 bridgehead atoms. The van der Waals surface area contributed by atoms with Gasteiger partial charge in [0.05, 0.1) is 14.2 Å². The number of guanidine groups is 1. The molecule has 29 heavy (non-hydrogen) atoms. The third-order valence-corrected chi connectivity index (χ3v) is 4.59. The Morgan fingerprint density at radius 3 is 2.59 bits per heavy atom. The van der Waals surface area contributed by atoms with Crippen LogP contribution >= 0.6 is 0 Å². The Hall–Kier alpha value is -3.22. The third-order valence-electron chi connectivity index (χ3n) is 4.59. The van der Waals surface area contributed by atoms with Crippen molar-refractivity contribution in [1.29, 1.82) is 0 Å². The van der Waals surface area contributed by atoms with Crippen LogP contribution in [0.25, 0.3) is 0 Å². The van der Waals surface area contributed by atoms with Crippen LogP contribution in [-0.4, -0.2) is 58.7 Å². The van der Waals surface area contributed by atoms with Crippen LogP contribution in [0.2, 0.25) is 0 Å². The van der Waals surface area contributed by atoms with Gasteiger partial charge in [-0.25, -0.2) is 0 Å². The first kappa shape index (κ1) is 22.1. The van der Waals surface area contributed by atoms with E-state index in [0.29, 0.717) is 18.7 Å². The van der Waals surface area contributed by atoms with Gasteiger partial charge in [0.25, 0.3) is 5.91 Å². The van der Waals surface area contributed by atoms with E-state index in [9.17, 15) is 4.79 Å². The standard InChI is InChI=1S/C22H30N4O3/c1-23-21(27)17-8-6-7-16(13-17)11-12-25-22(24-2)26(3)15-18-9-10-19(28-4)14-20(18)29-5/h6-10,13-14H,11-12,15H2,1-5H3,(H,23,27)(H,24,25). The van der Waals surface area contributed by atoms with Gasteiger partial charge >= 0.3 is 0 Å². The third kappa shape index (κ3) is 6.14. The van der Waals surface area contributed by atoms with E-state index in [2.05, 4.69) is 15.6 Å². The number of methoxy groups -OCH3 is 2. The molecule has 156 valence electrons. The molecule has 0 fully saturated rings. The minimum Gasteiger partial charge on any atom is -0.497 e. The molecule has 2 rings (SSSR count). The molecular formula is C22H30N4O3. The van der Waals surface area contributed by atoms with E-state index in [-0.39, 0.29) is 5.91 Å². The number of amides is 1. The summed E-state index contributed by atoms with van der Waals surface area (Å²) in [5.74, 6) is 2.24. The molecule has 1 amide bonds. The minimum absolute atomic E-state index is 0.0798. The number of benzene rings is 2. The number of carbonyl (C=O) groups is 1. The van der Waals surface area contributed by atoms with Gasteiger partial charge in [0.15, 0.2) is 5.96 Å². The van der Waals surface area contributed by atoms with Gasteiger partial charge in [0.1, 0.15) is 11.5 Å². The fraction of sp³-hybridized carbons (Fsp3) is 0.364. The van der Waals surface area contributed by atoms with E-state index in [1.165, 1.54) is 0 Å². The zero-order chi connectivity index (χ0) is 21.2. The minimum atomic E-state index is -0.0798. The fourth-order valence-electron chi connectivity index (χ4n) is 3.03. The maximum absolute atomic E-state index is 11.8. The molecule has 0 heterocycles. The second kappa shape index (κ2) is 10.9. The van der Waals surface area contributed by atoms with Crippen molar-refractivity contribution in [2.45, 2.75) is 13.0 Å². The summed E-state index contributed by atoms with van der Waals surface area (Å²) < 4.78 is 10.7. The number of carbonyl (C=O) groups excluding carboxylic acids is 1. The van der Waals surface area contributed by atoms with Gasteiger partial charge < -0.3 is 25.0 Å². The Balaban J connectivity index is 1.96. The van der Waals surface area contributed by atoms with E-state index in [1.807, 2.05) is 54.4 Å². The first-order chi connectivity index (χ1) is 14.0. The lowest BCUT2D eigenvalue weighted by Crippen LogP contribution is -2.39. The summed E-state index contributed by atoms with van der Waals surface area (Å²) in [4.78, 5) is 18.2. The van der Waals surface area contributed by atoms with Gasteiger partial charge in [-0.05, 0) is 36.2 Å². The predicted molar refractivity (Wildman–Crippen MR) is 116 cm³/mol. The Labute approximate surface area is 172 Å². The van der Waals surface area contributed by atoms with Crippen molar-refractivity contribution in [2.75, 3.05) is 41.9 Å². The van der Waals surface area contributed by atoms with Crippen molar-refractivity contribution in [3.63, 3.8) is 0 Å². The average molecular weight is 399 g/mol. The number of nitrogens with zero attached hydrogens (tertiary/aromatic N) is 2. The van der Waals surface area contributed by atoms with Gasteiger partial charge in [0, 0.05) is 51.4 Å². The van der Waals surface area contributed by atoms with Gasteiger partial charge in [-0.2, -0.15) is 0 Å². The lowest BCUT2D eigenvalue weighted by molar-refractivity contribution is 0.0963. The number of hydrogen-bond acceptors (Lipinski definition) is 4. The van der Waals surface area contributed by atoms with Crippen molar-refractivity contribution in [2.24, 2.45) is 4.99 Å². The summed E-state index contributed by atoms with van der Waals surface area (Å²) in [7, 11) is 8.66. The lowest BCUT2D eigenvalue weighted by Gasteiger charge is -2.23. The molecule has 0 aliphatic rings. The molecule has 7 nitrogen and oxygen atoms in total. The van der Waals surface area contributed by atoms with Crippen LogP contribution in [0.1, 0.15) is 21.5 Å². The molecule has 0 radical (unpaired) electrons. The molecule has 0 aliphatic heterocycles. The normalized spacial score (nSPS) is 11.0. The fourth-order valence-corrected chi connectivity index (χ4v) is 3.03. The molecule has 0 saturated heterocycles. The van der Waals surface area contributed by atoms with E-state index >= 15 is 0 Å². The number of hydrogen-bond donors (Lipinski definition) is 2. The van der Waals surface area contributed by atoms with Crippen LogP contribution in [-0.2, 0) is 13.0 Å². The maximum atomic E-state index is 11.8. The summed E-state index contributed by atoms with van der Waals surface area (Å²) in [6.07, 6.45) is 0.781. The molecule has 0 saturated carbocycles. The van der Waals surface area contributed by atoms with Crippen molar-refractivity contribution in [1.82, 2.24) is 15.5 Å². The largest absolute Gasteiger partial charge is 0.497 e. The van der Waals surface area contributed by atoms with Crippen LogP contribution in [0.4, 0.5) is 0 Å². The maximum Gasteiger partial charge on any atom is 0.251 e. The van der Waals surface area contributed by atoms with Crippen LogP contribution < -0.4 is 20.1 Å². The molecule has 2 N–H and O–H groups in total. The highest BCUT2D eigenvalue weighted by molar-refractivity contribution is 5.94. The highest BCUT2D eigenvalue weighted by atomic mass is 16.5. The van der Waals surface area contributed by atoms with Crippen LogP contribution in [0, 0.1) is 0 Å². The Bertz CT molecular complexity index is 852. The Morgan fingerprint density at radius 1 is 1.14 bits per heavy atom. The Morgan fingerprint density at radius 2 is 1.93 bits per heavy atom. The van der Waals surface area contributed by atoms with E-state index < -0.39 is 0 Å². The molecule has 0 aromatic heterocycles. The van der Waals surface area contributed by atoms with Crippen molar-refractivity contribution in [3.05, 3.63) is 59.2 Å². The molecule has 0 aliphatic carbocycles. The summed E-state index contributed by atoms with van der Waals surface area (Å²) in [5, 5.41) is 6.02. The molecule has 2 aromatic rings. The van der Waals surface area contributed by atoms with Crippen molar-refractivity contribution < 1.29 is 14.3 Å². The number of aliphatic imine (C=N–C) groups is 1. The number of ether oxygens (including phenoxy) is 2. The van der Waals surface area contributed by atoms with Crippen LogP contribution in [0.3, 0.4) is 0 Å². The van der Waals surface area contributed by atoms with Gasteiger partial charge in [-0.1, -0.05) is 12.1 Å². The van der Waals surface area contributed by atoms with Crippen LogP contribution in [0.5, 0.6) is 11.5 Å². The lowest BCUT2D eigenvalue weighted by atomic mass is 10.1. The predicted octanol–water partition coefficient (Wildman–Crippen LogP) is 2.31. The van der Waals surface area contributed by atoms with Crippen LogP contribution in [0.15, 0.2) is 47.5 Å². The smallest absolute Gasteiger partial charge is 0.251 e. The number of rotatable bonds is 8. The molecule has 0 spiro atoms. The van der Waals surface area contributed by atoms with Crippen molar-refractivity contribution in [3.8, 4) is 11.5 Å². The number of nitrogens with one attached hydrogen (secondary N) is 2. The summed E-state index contributed by atoms with van der Waals surface area (Å²) >= 11 is 0. The highest BCUT2D eigenvalue weighted by Gasteiger charge is 2.11. The topological polar surface area (TPSA) is 75.2 Å². The monoisotopic (exact) mass is 398 g/mol. The zero-order valence-electron chi connectivity index (χ0n) is 17.8. The molecule has 7 heteroatoms. The first-order valence-electron chi connectivity index (χ1n) is 9.46. The molecule has 0 atom stereocenters. The first-order valence-corrected chi connectivity index (χ1v) is 9.46. The van der Waals surface area contributed by atoms with E-state index in [4.69, 9.17) is 9.47 Å². The van der Waals surface area contributed by atoms with Crippen molar-refractivity contribution >= 4 is 11.9 Å². The van der Waals surface area contributed by atoms with E-state index in [1.54, 1.807) is 28.3 Å². The zero-order valence-corrected chi connectivity index (χ0v) is 17.8. The van der Waals surface area contributed by atoms with Gasteiger partial charge in [-0.3, -0.25) is 9.79 Å².